The fourth-order valence-electron chi connectivity index (χ4n) is 2.94. The first-order valence-corrected chi connectivity index (χ1v) is 12.1. The lowest BCUT2D eigenvalue weighted by Crippen LogP contribution is -2.34. The zero-order chi connectivity index (χ0) is 25.3. The molecule has 0 unspecified atom stereocenters. The van der Waals surface area contributed by atoms with Crippen molar-refractivity contribution in [3.63, 3.8) is 0 Å². The quantitative estimate of drug-likeness (QED) is 0.460. The van der Waals surface area contributed by atoms with E-state index in [1.807, 2.05) is 0 Å². The summed E-state index contributed by atoms with van der Waals surface area (Å²) in [6.07, 6.45) is 0. The maximum atomic E-state index is 13.5. The number of carbonyl (C=O) groups is 3. The van der Waals surface area contributed by atoms with E-state index in [1.165, 1.54) is 34.6 Å². The molecule has 0 spiro atoms. The van der Waals surface area contributed by atoms with Crippen LogP contribution in [0.2, 0.25) is 0 Å². The normalized spacial score (nSPS) is 11.2. The van der Waals surface area contributed by atoms with E-state index in [4.69, 9.17) is 4.74 Å². The number of hydrogen-bond acceptors (Lipinski definition) is 6. The van der Waals surface area contributed by atoms with Crippen LogP contribution in [0.4, 0.5) is 4.39 Å². The lowest BCUT2D eigenvalue weighted by molar-refractivity contribution is -0.147. The summed E-state index contributed by atoms with van der Waals surface area (Å²) in [6.45, 7) is 4.79. The molecule has 34 heavy (non-hydrogen) atoms. The van der Waals surface area contributed by atoms with E-state index in [0.29, 0.717) is 24.2 Å². The maximum Gasteiger partial charge on any atom is 0.325 e. The van der Waals surface area contributed by atoms with Crippen LogP contribution in [0.5, 0.6) is 0 Å². The number of nitrogens with one attached hydrogen (secondary N) is 2. The van der Waals surface area contributed by atoms with Gasteiger partial charge in [0.05, 0.1) is 4.90 Å². The Bertz CT molecular complexity index is 1130. The average molecular weight is 494 g/mol. The van der Waals surface area contributed by atoms with Gasteiger partial charge < -0.3 is 15.4 Å². The minimum atomic E-state index is -3.64. The summed E-state index contributed by atoms with van der Waals surface area (Å²) in [7, 11) is -3.64. The number of aryl methyl sites for hydroxylation is 1. The monoisotopic (exact) mass is 493 g/mol. The molecule has 0 saturated carbocycles. The molecule has 2 rings (SSSR count). The predicted molar refractivity (Wildman–Crippen MR) is 123 cm³/mol. The number of esters is 1. The van der Waals surface area contributed by atoms with Crippen molar-refractivity contribution in [2.45, 2.75) is 32.2 Å². The number of amides is 2. The third kappa shape index (κ3) is 7.35. The van der Waals surface area contributed by atoms with E-state index in [-0.39, 0.29) is 22.8 Å². The minimum Gasteiger partial charge on any atom is -0.454 e. The van der Waals surface area contributed by atoms with Gasteiger partial charge in [-0.2, -0.15) is 4.31 Å². The van der Waals surface area contributed by atoms with Crippen LogP contribution in [0.15, 0.2) is 47.4 Å². The number of nitrogens with zero attached hydrogens (tertiary/aromatic N) is 1. The van der Waals surface area contributed by atoms with Crippen LogP contribution in [0.1, 0.15) is 35.3 Å². The third-order valence-corrected chi connectivity index (χ3v) is 7.01. The highest BCUT2D eigenvalue weighted by Crippen LogP contribution is 2.16. The molecule has 0 aliphatic heterocycles. The third-order valence-electron chi connectivity index (χ3n) is 4.94. The van der Waals surface area contributed by atoms with Gasteiger partial charge in [-0.3, -0.25) is 14.4 Å². The molecule has 9 nitrogen and oxygen atoms in total. The molecule has 2 amide bonds. The van der Waals surface area contributed by atoms with Crippen LogP contribution in [0, 0.1) is 12.7 Å². The lowest BCUT2D eigenvalue weighted by atomic mass is 10.1. The van der Waals surface area contributed by atoms with Crippen LogP contribution in [-0.4, -0.2) is 56.7 Å². The molecule has 0 radical (unpaired) electrons. The number of benzene rings is 2. The molecule has 0 fully saturated rings. The number of ether oxygens (including phenoxy) is 1. The molecular formula is C23H28FN3O6S. The van der Waals surface area contributed by atoms with E-state index < -0.39 is 41.0 Å². The summed E-state index contributed by atoms with van der Waals surface area (Å²) in [5, 5.41) is 4.85. The Morgan fingerprint density at radius 2 is 1.65 bits per heavy atom. The standard InChI is InChI=1S/C23H28FN3O6S/c1-4-27(5-2)34(31,32)19-10-8-18(9-11-19)23(30)26-14-22(29)33-15-21(28)25-13-17-7-6-16(3)20(24)12-17/h6-12H,4-5,13-15H2,1-3H3,(H,25,28)(H,26,30). The Labute approximate surface area is 198 Å². The van der Waals surface area contributed by atoms with Gasteiger partial charge in [-0.1, -0.05) is 26.0 Å². The first-order chi connectivity index (χ1) is 16.1. The van der Waals surface area contributed by atoms with Crippen molar-refractivity contribution in [2.75, 3.05) is 26.2 Å². The fraction of sp³-hybridized carbons (Fsp3) is 0.348. The van der Waals surface area contributed by atoms with Crippen molar-refractivity contribution in [1.82, 2.24) is 14.9 Å². The van der Waals surface area contributed by atoms with Gasteiger partial charge in [0, 0.05) is 25.2 Å². The molecule has 0 aliphatic rings. The molecular weight excluding hydrogens is 465 g/mol. The van der Waals surface area contributed by atoms with Crippen LogP contribution < -0.4 is 10.6 Å². The molecule has 0 atom stereocenters. The van der Waals surface area contributed by atoms with Gasteiger partial charge in [0.25, 0.3) is 11.8 Å². The van der Waals surface area contributed by atoms with Crippen LogP contribution in [0.25, 0.3) is 0 Å². The smallest absolute Gasteiger partial charge is 0.325 e. The molecule has 2 aromatic carbocycles. The van der Waals surface area contributed by atoms with Gasteiger partial charge in [0.15, 0.2) is 6.61 Å². The summed E-state index contributed by atoms with van der Waals surface area (Å²) >= 11 is 0. The molecule has 0 bridgehead atoms. The highest BCUT2D eigenvalue weighted by atomic mass is 32.2. The number of rotatable bonds is 11. The Morgan fingerprint density at radius 1 is 1.00 bits per heavy atom. The minimum absolute atomic E-state index is 0.0616. The Hall–Kier alpha value is -3.31. The van der Waals surface area contributed by atoms with Gasteiger partial charge >= 0.3 is 5.97 Å². The molecule has 0 aliphatic carbocycles. The van der Waals surface area contributed by atoms with Crippen molar-refractivity contribution < 1.29 is 31.9 Å². The van der Waals surface area contributed by atoms with E-state index >= 15 is 0 Å². The Kier molecular flexibility index (Phi) is 9.69. The number of halogens is 1. The van der Waals surface area contributed by atoms with Crippen molar-refractivity contribution in [2.24, 2.45) is 0 Å². The SMILES string of the molecule is CCN(CC)S(=O)(=O)c1ccc(C(=O)NCC(=O)OCC(=O)NCc2ccc(C)c(F)c2)cc1. The maximum absolute atomic E-state index is 13.5. The van der Waals surface area contributed by atoms with E-state index in [9.17, 15) is 27.2 Å². The average Bonchev–Trinajstić information content (AvgIpc) is 2.82. The van der Waals surface area contributed by atoms with E-state index in [2.05, 4.69) is 10.6 Å². The second-order valence-corrected chi connectivity index (χ2v) is 9.26. The van der Waals surface area contributed by atoms with Crippen molar-refractivity contribution >= 4 is 27.8 Å². The van der Waals surface area contributed by atoms with Crippen molar-refractivity contribution in [3.05, 3.63) is 65.0 Å². The van der Waals surface area contributed by atoms with Crippen LogP contribution in [-0.2, 0) is 30.9 Å². The molecule has 0 heterocycles. The topological polar surface area (TPSA) is 122 Å². The number of hydrogen-bond donors (Lipinski definition) is 2. The molecule has 184 valence electrons. The van der Waals surface area contributed by atoms with Crippen molar-refractivity contribution in [3.8, 4) is 0 Å². The van der Waals surface area contributed by atoms with Gasteiger partial charge in [-0.25, -0.2) is 12.8 Å². The largest absolute Gasteiger partial charge is 0.454 e. The summed E-state index contributed by atoms with van der Waals surface area (Å²) in [5.74, 6) is -2.39. The van der Waals surface area contributed by atoms with Gasteiger partial charge in [-0.05, 0) is 48.4 Å². The highest BCUT2D eigenvalue weighted by molar-refractivity contribution is 7.89. The number of carbonyl (C=O) groups excluding carboxylic acids is 3. The Morgan fingerprint density at radius 3 is 2.24 bits per heavy atom. The van der Waals surface area contributed by atoms with Crippen molar-refractivity contribution in [1.29, 1.82) is 0 Å². The molecule has 2 N–H and O–H groups in total. The number of sulfonamides is 1. The Balaban J connectivity index is 1.78. The second-order valence-electron chi connectivity index (χ2n) is 7.32. The molecule has 2 aromatic rings. The molecule has 0 saturated heterocycles. The molecule has 0 aromatic heterocycles. The second kappa shape index (κ2) is 12.2. The van der Waals surface area contributed by atoms with Crippen LogP contribution >= 0.6 is 0 Å². The van der Waals surface area contributed by atoms with Crippen LogP contribution in [0.3, 0.4) is 0 Å². The summed E-state index contributed by atoms with van der Waals surface area (Å²) in [6, 6.07) is 9.92. The predicted octanol–water partition coefficient (Wildman–Crippen LogP) is 1.75. The highest BCUT2D eigenvalue weighted by Gasteiger charge is 2.21. The summed E-state index contributed by atoms with van der Waals surface area (Å²) in [5.41, 5.74) is 1.21. The fourth-order valence-corrected chi connectivity index (χ4v) is 4.40. The van der Waals surface area contributed by atoms with Gasteiger partial charge in [0.1, 0.15) is 12.4 Å². The lowest BCUT2D eigenvalue weighted by Gasteiger charge is -2.18. The van der Waals surface area contributed by atoms with E-state index in [0.717, 1.165) is 0 Å². The first kappa shape index (κ1) is 26.9. The zero-order valence-corrected chi connectivity index (χ0v) is 20.1. The summed E-state index contributed by atoms with van der Waals surface area (Å²) in [4.78, 5) is 35.9. The zero-order valence-electron chi connectivity index (χ0n) is 19.3. The summed E-state index contributed by atoms with van der Waals surface area (Å²) < 4.78 is 44.6. The van der Waals surface area contributed by atoms with E-state index in [1.54, 1.807) is 32.9 Å². The van der Waals surface area contributed by atoms with Gasteiger partial charge in [-0.15, -0.1) is 0 Å². The first-order valence-electron chi connectivity index (χ1n) is 10.6. The van der Waals surface area contributed by atoms with Gasteiger partial charge in [0.2, 0.25) is 10.0 Å². The molecule has 11 heteroatoms.